The summed E-state index contributed by atoms with van der Waals surface area (Å²) in [6, 6.07) is 7.46. The third-order valence-electron chi connectivity index (χ3n) is 3.76. The van der Waals surface area contributed by atoms with Crippen molar-refractivity contribution in [1.29, 1.82) is 0 Å². The van der Waals surface area contributed by atoms with Crippen LogP contribution in [-0.2, 0) is 6.54 Å². The van der Waals surface area contributed by atoms with Crippen molar-refractivity contribution >= 4 is 5.91 Å². The molecule has 104 valence electrons. The number of nitrogens with two attached hydrogens (primary N) is 1. The van der Waals surface area contributed by atoms with E-state index in [9.17, 15) is 9.90 Å². The van der Waals surface area contributed by atoms with Crippen LogP contribution >= 0.6 is 0 Å². The van der Waals surface area contributed by atoms with Crippen LogP contribution in [0.15, 0.2) is 24.3 Å². The number of rotatable bonds is 2. The molecule has 0 spiro atoms. The van der Waals surface area contributed by atoms with Crippen molar-refractivity contribution in [3.05, 3.63) is 35.4 Å². The molecule has 4 heteroatoms. The number of likely N-dealkylation sites (tertiary alicyclic amines) is 1. The Bertz CT molecular complexity index is 457. The number of benzene rings is 1. The molecule has 1 aliphatic heterocycles. The van der Waals surface area contributed by atoms with Gasteiger partial charge in [-0.15, -0.1) is 0 Å². The van der Waals surface area contributed by atoms with E-state index < -0.39 is 5.60 Å². The highest BCUT2D eigenvalue weighted by Gasteiger charge is 2.27. The van der Waals surface area contributed by atoms with Crippen molar-refractivity contribution < 1.29 is 9.90 Å². The van der Waals surface area contributed by atoms with Gasteiger partial charge in [-0.25, -0.2) is 0 Å². The largest absolute Gasteiger partial charge is 0.390 e. The second kappa shape index (κ2) is 5.72. The Morgan fingerprint density at radius 2 is 2.21 bits per heavy atom. The Morgan fingerprint density at radius 1 is 1.42 bits per heavy atom. The van der Waals surface area contributed by atoms with Gasteiger partial charge in [-0.05, 0) is 43.9 Å². The van der Waals surface area contributed by atoms with E-state index in [1.54, 1.807) is 0 Å². The SMILES string of the molecule is CC1(O)CCCN(C(=O)c2cccc(CN)c2)CC1. The van der Waals surface area contributed by atoms with E-state index >= 15 is 0 Å². The summed E-state index contributed by atoms with van der Waals surface area (Å²) < 4.78 is 0. The lowest BCUT2D eigenvalue weighted by Gasteiger charge is -2.22. The van der Waals surface area contributed by atoms with Crippen molar-refractivity contribution in [3.8, 4) is 0 Å². The van der Waals surface area contributed by atoms with Crippen LogP contribution < -0.4 is 5.73 Å². The lowest BCUT2D eigenvalue weighted by molar-refractivity contribution is 0.0438. The van der Waals surface area contributed by atoms with Crippen LogP contribution in [-0.4, -0.2) is 34.6 Å². The van der Waals surface area contributed by atoms with E-state index in [4.69, 9.17) is 5.73 Å². The van der Waals surface area contributed by atoms with Gasteiger partial charge in [0.1, 0.15) is 0 Å². The monoisotopic (exact) mass is 262 g/mol. The van der Waals surface area contributed by atoms with E-state index in [-0.39, 0.29) is 5.91 Å². The Kier molecular flexibility index (Phi) is 4.22. The van der Waals surface area contributed by atoms with Crippen molar-refractivity contribution in [2.24, 2.45) is 5.73 Å². The van der Waals surface area contributed by atoms with E-state index in [0.29, 0.717) is 31.6 Å². The predicted molar refractivity (Wildman–Crippen MR) is 74.7 cm³/mol. The van der Waals surface area contributed by atoms with E-state index in [0.717, 1.165) is 18.4 Å². The molecule has 0 aliphatic carbocycles. The normalized spacial score (nSPS) is 24.1. The molecular formula is C15H22N2O2. The summed E-state index contributed by atoms with van der Waals surface area (Å²) in [6.45, 7) is 3.60. The fourth-order valence-corrected chi connectivity index (χ4v) is 2.48. The third-order valence-corrected chi connectivity index (χ3v) is 3.76. The Hall–Kier alpha value is -1.39. The smallest absolute Gasteiger partial charge is 0.253 e. The molecule has 0 radical (unpaired) electrons. The molecule has 1 heterocycles. The molecule has 1 saturated heterocycles. The highest BCUT2D eigenvalue weighted by atomic mass is 16.3. The summed E-state index contributed by atoms with van der Waals surface area (Å²) >= 11 is 0. The number of hydrogen-bond acceptors (Lipinski definition) is 3. The molecule has 0 aromatic heterocycles. The van der Waals surface area contributed by atoms with Gasteiger partial charge in [0, 0.05) is 25.2 Å². The van der Waals surface area contributed by atoms with Gasteiger partial charge in [0.25, 0.3) is 5.91 Å². The Labute approximate surface area is 114 Å². The number of carbonyl (C=O) groups excluding carboxylic acids is 1. The average Bonchev–Trinajstić information content (AvgIpc) is 2.59. The number of carbonyl (C=O) groups is 1. The molecular weight excluding hydrogens is 240 g/mol. The second-order valence-electron chi connectivity index (χ2n) is 5.55. The zero-order chi connectivity index (χ0) is 13.9. The quantitative estimate of drug-likeness (QED) is 0.849. The van der Waals surface area contributed by atoms with Crippen LogP contribution in [0.5, 0.6) is 0 Å². The van der Waals surface area contributed by atoms with Gasteiger partial charge < -0.3 is 15.7 Å². The van der Waals surface area contributed by atoms with Crippen LogP contribution in [0.2, 0.25) is 0 Å². The van der Waals surface area contributed by atoms with Crippen molar-refractivity contribution in [1.82, 2.24) is 4.90 Å². The first-order valence-corrected chi connectivity index (χ1v) is 6.82. The zero-order valence-corrected chi connectivity index (χ0v) is 11.4. The standard InChI is InChI=1S/C15H22N2O2/c1-15(19)6-3-8-17(9-7-15)14(18)13-5-2-4-12(10-13)11-16/h2,4-5,10,19H,3,6-9,11,16H2,1H3. The number of aliphatic hydroxyl groups is 1. The van der Waals surface area contributed by atoms with E-state index in [1.165, 1.54) is 0 Å². The first kappa shape index (κ1) is 14.0. The molecule has 1 aliphatic rings. The highest BCUT2D eigenvalue weighted by Crippen LogP contribution is 2.22. The maximum atomic E-state index is 12.4. The number of amides is 1. The molecule has 1 fully saturated rings. The molecule has 0 bridgehead atoms. The van der Waals surface area contributed by atoms with Crippen LogP contribution in [0.1, 0.15) is 42.1 Å². The van der Waals surface area contributed by atoms with Crippen molar-refractivity contribution in [2.75, 3.05) is 13.1 Å². The van der Waals surface area contributed by atoms with Crippen molar-refractivity contribution in [2.45, 2.75) is 38.3 Å². The van der Waals surface area contributed by atoms with Gasteiger partial charge in [0.05, 0.1) is 5.60 Å². The minimum Gasteiger partial charge on any atom is -0.390 e. The van der Waals surface area contributed by atoms with Gasteiger partial charge in [0.15, 0.2) is 0 Å². The molecule has 1 amide bonds. The van der Waals surface area contributed by atoms with Gasteiger partial charge in [-0.2, -0.15) is 0 Å². The predicted octanol–water partition coefficient (Wildman–Crippen LogP) is 1.52. The summed E-state index contributed by atoms with van der Waals surface area (Å²) in [6.07, 6.45) is 2.23. The van der Waals surface area contributed by atoms with Crippen LogP contribution in [0.3, 0.4) is 0 Å². The maximum absolute atomic E-state index is 12.4. The molecule has 4 nitrogen and oxygen atoms in total. The third kappa shape index (κ3) is 3.55. The van der Waals surface area contributed by atoms with Crippen LogP contribution in [0, 0.1) is 0 Å². The lowest BCUT2D eigenvalue weighted by Crippen LogP contribution is -2.33. The molecule has 1 aromatic carbocycles. The Morgan fingerprint density at radius 3 is 2.95 bits per heavy atom. The number of nitrogens with zero attached hydrogens (tertiary/aromatic N) is 1. The van der Waals surface area contributed by atoms with Crippen LogP contribution in [0.4, 0.5) is 0 Å². The second-order valence-corrected chi connectivity index (χ2v) is 5.55. The average molecular weight is 262 g/mol. The Balaban J connectivity index is 2.10. The molecule has 3 N–H and O–H groups in total. The highest BCUT2D eigenvalue weighted by molar-refractivity contribution is 5.94. The maximum Gasteiger partial charge on any atom is 0.253 e. The van der Waals surface area contributed by atoms with Gasteiger partial charge >= 0.3 is 0 Å². The zero-order valence-electron chi connectivity index (χ0n) is 11.4. The van der Waals surface area contributed by atoms with Crippen LogP contribution in [0.25, 0.3) is 0 Å². The van der Waals surface area contributed by atoms with E-state index in [1.807, 2.05) is 36.1 Å². The molecule has 2 rings (SSSR count). The summed E-state index contributed by atoms with van der Waals surface area (Å²) in [7, 11) is 0. The summed E-state index contributed by atoms with van der Waals surface area (Å²) in [5, 5.41) is 10.1. The lowest BCUT2D eigenvalue weighted by atomic mass is 9.98. The minimum absolute atomic E-state index is 0.0352. The fraction of sp³-hybridized carbons (Fsp3) is 0.533. The van der Waals surface area contributed by atoms with Gasteiger partial charge in [-0.3, -0.25) is 4.79 Å². The molecule has 0 saturated carbocycles. The minimum atomic E-state index is -0.645. The van der Waals surface area contributed by atoms with Crippen molar-refractivity contribution in [3.63, 3.8) is 0 Å². The molecule has 1 atom stereocenters. The first-order valence-electron chi connectivity index (χ1n) is 6.82. The topological polar surface area (TPSA) is 66.6 Å². The summed E-state index contributed by atoms with van der Waals surface area (Å²) in [5.74, 6) is 0.0352. The van der Waals surface area contributed by atoms with Gasteiger partial charge in [0.2, 0.25) is 0 Å². The molecule has 1 unspecified atom stereocenters. The summed E-state index contributed by atoms with van der Waals surface area (Å²) in [5.41, 5.74) is 6.61. The summed E-state index contributed by atoms with van der Waals surface area (Å²) in [4.78, 5) is 14.3. The number of hydrogen-bond donors (Lipinski definition) is 2. The molecule has 1 aromatic rings. The molecule has 19 heavy (non-hydrogen) atoms. The first-order chi connectivity index (χ1) is 9.02. The van der Waals surface area contributed by atoms with Gasteiger partial charge in [-0.1, -0.05) is 12.1 Å². The van der Waals surface area contributed by atoms with E-state index in [2.05, 4.69) is 0 Å². The fourth-order valence-electron chi connectivity index (χ4n) is 2.48.